The molecule has 0 aliphatic carbocycles. The second-order valence-corrected chi connectivity index (χ2v) is 18.8. The molecule has 54 heavy (non-hydrogen) atoms. The number of thioether (sulfide) groups is 2. The van der Waals surface area contributed by atoms with E-state index in [1.54, 1.807) is 75.6 Å². The van der Waals surface area contributed by atoms with Gasteiger partial charge in [0.15, 0.2) is 5.82 Å². The highest BCUT2D eigenvalue weighted by molar-refractivity contribution is 8.18. The minimum absolute atomic E-state index is 0.152. The number of nitrogens with zero attached hydrogens (tertiary/aromatic N) is 5. The zero-order valence-corrected chi connectivity index (χ0v) is 33.9. The molecule has 0 radical (unpaired) electrons. The molecule has 2 saturated heterocycles. The molecule has 18 heteroatoms. The molecule has 2 aromatic rings. The van der Waals surface area contributed by atoms with Crippen molar-refractivity contribution in [2.45, 2.75) is 108 Å². The van der Waals surface area contributed by atoms with Crippen molar-refractivity contribution in [1.82, 2.24) is 46.4 Å². The van der Waals surface area contributed by atoms with Crippen LogP contribution < -0.4 is 21.3 Å². The van der Waals surface area contributed by atoms with Crippen molar-refractivity contribution in [2.24, 2.45) is 12.5 Å². The van der Waals surface area contributed by atoms with Crippen LogP contribution in [0.2, 0.25) is 0 Å². The van der Waals surface area contributed by atoms with Crippen LogP contribution in [-0.4, -0.2) is 113 Å². The van der Waals surface area contributed by atoms with Crippen molar-refractivity contribution in [2.75, 3.05) is 24.6 Å². The van der Waals surface area contributed by atoms with E-state index >= 15 is 0 Å². The molecule has 2 aliphatic heterocycles. The molecule has 2 aliphatic rings. The monoisotopic (exact) mass is 787 g/mol. The number of hydrogen-bond donors (Lipinski definition) is 4. The van der Waals surface area contributed by atoms with Gasteiger partial charge in [-0.2, -0.15) is 0 Å². The lowest BCUT2D eigenvalue weighted by molar-refractivity contribution is -0.144. The summed E-state index contributed by atoms with van der Waals surface area (Å²) in [5, 5.41) is 22.2. The van der Waals surface area contributed by atoms with Gasteiger partial charge in [0.2, 0.25) is 23.5 Å². The number of aromatic nitrogens is 4. The lowest BCUT2D eigenvalue weighted by Gasteiger charge is -2.36. The average Bonchev–Trinajstić information content (AvgIpc) is 3.70. The highest BCUT2D eigenvalue weighted by Gasteiger charge is 2.53. The Morgan fingerprint density at radius 1 is 0.981 bits per heavy atom. The zero-order valence-electron chi connectivity index (χ0n) is 32.3. The quantitative estimate of drug-likeness (QED) is 0.216. The first kappa shape index (κ1) is 42.6. The molecule has 4 rings (SSSR count). The number of carbonyl (C=O) groups excluding carboxylic acids is 6. The molecule has 5 amide bonds. The minimum atomic E-state index is -1.20. The Morgan fingerprint density at radius 2 is 1.65 bits per heavy atom. The van der Waals surface area contributed by atoms with E-state index in [4.69, 9.17) is 4.74 Å². The fourth-order valence-electron chi connectivity index (χ4n) is 6.24. The van der Waals surface area contributed by atoms with Crippen molar-refractivity contribution in [3.05, 3.63) is 41.7 Å². The number of carbonyl (C=O) groups is 6. The molecule has 1 aromatic carbocycles. The summed E-state index contributed by atoms with van der Waals surface area (Å²) in [6.45, 7) is 12.2. The van der Waals surface area contributed by atoms with Crippen molar-refractivity contribution in [3.8, 4) is 0 Å². The summed E-state index contributed by atoms with van der Waals surface area (Å²) >= 11 is 3.41. The van der Waals surface area contributed by atoms with E-state index in [0.717, 1.165) is 17.9 Å². The van der Waals surface area contributed by atoms with Crippen LogP contribution >= 0.6 is 23.5 Å². The fraction of sp³-hybridized carbons (Fsp3) is 0.639. The molecule has 296 valence electrons. The molecule has 0 saturated carbocycles. The molecule has 0 bridgehead atoms. The summed E-state index contributed by atoms with van der Waals surface area (Å²) < 4.78 is 6.44. The van der Waals surface area contributed by atoms with Crippen molar-refractivity contribution in [1.29, 1.82) is 0 Å². The molecular formula is C36H53N9O7S2. The molecule has 3 heterocycles. The third-order valence-corrected chi connectivity index (χ3v) is 12.2. The van der Waals surface area contributed by atoms with Gasteiger partial charge in [-0.1, -0.05) is 64.4 Å². The van der Waals surface area contributed by atoms with E-state index in [2.05, 4.69) is 36.8 Å². The van der Waals surface area contributed by atoms with Crippen LogP contribution in [0.5, 0.6) is 0 Å². The summed E-state index contributed by atoms with van der Waals surface area (Å²) in [5.41, 5.74) is -0.825. The minimum Gasteiger partial charge on any atom is -0.444 e. The van der Waals surface area contributed by atoms with Gasteiger partial charge < -0.3 is 30.9 Å². The summed E-state index contributed by atoms with van der Waals surface area (Å²) in [6, 6.07) is 5.12. The number of amides is 5. The Hall–Kier alpha value is -4.19. The largest absolute Gasteiger partial charge is 0.444 e. The Labute approximate surface area is 324 Å². The highest BCUT2D eigenvalue weighted by Crippen LogP contribution is 2.50. The number of likely N-dealkylation sites (tertiary alicyclic amines) is 1. The van der Waals surface area contributed by atoms with Crippen LogP contribution in [0, 0.1) is 5.41 Å². The van der Waals surface area contributed by atoms with E-state index < -0.39 is 81.3 Å². The summed E-state index contributed by atoms with van der Waals surface area (Å²) in [6.07, 6.45) is 1.19. The number of aryl methyl sites for hydroxylation is 1. The zero-order chi connectivity index (χ0) is 39.8. The van der Waals surface area contributed by atoms with Gasteiger partial charge in [0.25, 0.3) is 5.91 Å². The van der Waals surface area contributed by atoms with E-state index in [-0.39, 0.29) is 13.0 Å². The van der Waals surface area contributed by atoms with Crippen molar-refractivity contribution >= 4 is 59.0 Å². The van der Waals surface area contributed by atoms with E-state index in [9.17, 15) is 28.8 Å². The lowest BCUT2D eigenvalue weighted by Crippen LogP contribution is -2.59. The van der Waals surface area contributed by atoms with Gasteiger partial charge in [-0.25, -0.2) is 9.48 Å². The maximum Gasteiger partial charge on any atom is 0.408 e. The second kappa shape index (κ2) is 18.0. The average molecular weight is 788 g/mol. The molecule has 1 aromatic heterocycles. The van der Waals surface area contributed by atoms with Gasteiger partial charge in [-0.05, 0) is 66.5 Å². The fourth-order valence-corrected chi connectivity index (χ4v) is 9.59. The van der Waals surface area contributed by atoms with Crippen LogP contribution in [-0.2, 0) is 35.8 Å². The van der Waals surface area contributed by atoms with Gasteiger partial charge in [0.05, 0.1) is 16.7 Å². The summed E-state index contributed by atoms with van der Waals surface area (Å²) in [7, 11) is 1.64. The number of ketones is 1. The maximum atomic E-state index is 14.4. The Bertz CT molecular complexity index is 1670. The van der Waals surface area contributed by atoms with E-state index in [0.29, 0.717) is 24.2 Å². The number of hydrogen-bond acceptors (Lipinski definition) is 12. The van der Waals surface area contributed by atoms with Gasteiger partial charge in [0.1, 0.15) is 23.7 Å². The number of nitrogens with one attached hydrogen (secondary N) is 4. The topological polar surface area (TPSA) is 207 Å². The Kier molecular flexibility index (Phi) is 14.2. The number of ether oxygens (including phenoxy) is 1. The number of benzene rings is 1. The van der Waals surface area contributed by atoms with Crippen LogP contribution in [0.1, 0.15) is 91.6 Å². The molecule has 4 atom stereocenters. The van der Waals surface area contributed by atoms with E-state index in [1.807, 2.05) is 33.8 Å². The number of Topliss-reactive ketones (excluding diaryl/α,β-unsaturated/α-hetero) is 1. The van der Waals surface area contributed by atoms with Gasteiger partial charge in [-0.3, -0.25) is 24.0 Å². The first-order valence-electron chi connectivity index (χ1n) is 18.1. The summed E-state index contributed by atoms with van der Waals surface area (Å²) in [4.78, 5) is 82.6. The molecular weight excluding hydrogens is 735 g/mol. The number of alkyl carbamates (subject to hydrolysis) is 1. The molecule has 2 fully saturated rings. The van der Waals surface area contributed by atoms with Crippen LogP contribution in [0.15, 0.2) is 30.3 Å². The Balaban J connectivity index is 1.47. The summed E-state index contributed by atoms with van der Waals surface area (Å²) in [5.74, 6) is -1.45. The van der Waals surface area contributed by atoms with Crippen molar-refractivity contribution < 1.29 is 33.5 Å². The molecule has 4 N–H and O–H groups in total. The molecule has 16 nitrogen and oxygen atoms in total. The highest BCUT2D eigenvalue weighted by atomic mass is 32.2. The first-order chi connectivity index (χ1) is 25.3. The Morgan fingerprint density at radius 3 is 2.22 bits per heavy atom. The second-order valence-electron chi connectivity index (χ2n) is 15.6. The molecule has 4 unspecified atom stereocenters. The van der Waals surface area contributed by atoms with E-state index in [1.165, 1.54) is 9.58 Å². The standard InChI is InChI=1S/C36H53N9O7S2/c1-9-14-23(27(47)31(49)37-20-25(46)39-26(22-15-11-10-12-16-22)29-41-42-43-44(29)8)38-30(48)24-19-36(53-17-13-18-54-36)21-45(24)32(50)28(34(2,3)4)40-33(51)52-35(5,6)7/h10-12,15-16,23-24,26,28H,9,13-14,17-21H2,1-8H3,(H,37,49)(H,38,48)(H,39,46)(H,40,51). The normalized spacial score (nSPS) is 18.6. The third-order valence-electron chi connectivity index (χ3n) is 8.86. The lowest BCUT2D eigenvalue weighted by atomic mass is 9.85. The predicted octanol–water partition coefficient (Wildman–Crippen LogP) is 2.49. The van der Waals surface area contributed by atoms with Gasteiger partial charge in [-0.15, -0.1) is 28.6 Å². The maximum absolute atomic E-state index is 14.4. The molecule has 1 spiro atoms. The van der Waals surface area contributed by atoms with Crippen LogP contribution in [0.25, 0.3) is 0 Å². The number of rotatable bonds is 13. The predicted molar refractivity (Wildman–Crippen MR) is 205 cm³/mol. The van der Waals surface area contributed by atoms with Gasteiger partial charge in [0, 0.05) is 20.0 Å². The van der Waals surface area contributed by atoms with Crippen LogP contribution in [0.3, 0.4) is 0 Å². The van der Waals surface area contributed by atoms with Crippen LogP contribution in [0.4, 0.5) is 4.79 Å². The first-order valence-corrected chi connectivity index (χ1v) is 20.1. The third kappa shape index (κ3) is 11.2. The van der Waals surface area contributed by atoms with Gasteiger partial charge >= 0.3 is 6.09 Å². The van der Waals surface area contributed by atoms with Crippen molar-refractivity contribution in [3.63, 3.8) is 0 Å². The smallest absolute Gasteiger partial charge is 0.408 e. The SMILES string of the molecule is CCCC(NC(=O)C1CC2(CN1C(=O)C(NC(=O)OC(C)(C)C)C(C)(C)C)SCCCS2)C(=O)C(=O)NCC(=O)NC(c1ccccc1)c1nnnn1C. The number of tetrazole rings is 1.